The molecular formula is C12H23N3O. The molecule has 0 bridgehead atoms. The van der Waals surface area contributed by atoms with Gasteiger partial charge < -0.3 is 10.2 Å². The summed E-state index contributed by atoms with van der Waals surface area (Å²) in [7, 11) is 0. The van der Waals surface area contributed by atoms with Crippen molar-refractivity contribution < 1.29 is 4.79 Å². The zero-order valence-electron chi connectivity index (χ0n) is 10.2. The first kappa shape index (κ1) is 11.9. The van der Waals surface area contributed by atoms with Crippen molar-refractivity contribution >= 4 is 5.91 Å². The molecule has 2 aliphatic heterocycles. The number of piperazine rings is 1. The molecule has 0 spiro atoms. The van der Waals surface area contributed by atoms with Gasteiger partial charge in [0, 0.05) is 25.7 Å². The van der Waals surface area contributed by atoms with Crippen LogP contribution in [0, 0.1) is 0 Å². The molecule has 0 saturated carbocycles. The minimum Gasteiger partial charge on any atom is -0.339 e. The number of carbonyl (C=O) groups is 1. The first-order chi connectivity index (χ1) is 7.81. The van der Waals surface area contributed by atoms with Crippen LogP contribution >= 0.6 is 0 Å². The Morgan fingerprint density at radius 2 is 2.25 bits per heavy atom. The van der Waals surface area contributed by atoms with E-state index in [1.807, 2.05) is 4.90 Å². The summed E-state index contributed by atoms with van der Waals surface area (Å²) in [6.45, 7) is 7.76. The van der Waals surface area contributed by atoms with Crippen LogP contribution in [-0.4, -0.2) is 61.0 Å². The quantitative estimate of drug-likeness (QED) is 0.699. The Hall–Kier alpha value is -0.610. The number of rotatable bonds is 4. The van der Waals surface area contributed by atoms with Gasteiger partial charge in [0.1, 0.15) is 0 Å². The second kappa shape index (κ2) is 5.64. The maximum atomic E-state index is 11.9. The largest absolute Gasteiger partial charge is 0.339 e. The Labute approximate surface area is 98.0 Å². The van der Waals surface area contributed by atoms with Gasteiger partial charge in [0.2, 0.25) is 5.91 Å². The second-order valence-electron chi connectivity index (χ2n) is 4.85. The Kier molecular flexibility index (Phi) is 4.18. The van der Waals surface area contributed by atoms with Crippen LogP contribution in [0.5, 0.6) is 0 Å². The third kappa shape index (κ3) is 2.74. The molecular weight excluding hydrogens is 202 g/mol. The fourth-order valence-corrected chi connectivity index (χ4v) is 2.70. The van der Waals surface area contributed by atoms with Gasteiger partial charge in [-0.1, -0.05) is 6.92 Å². The molecule has 2 saturated heterocycles. The average Bonchev–Trinajstić information content (AvgIpc) is 2.76. The van der Waals surface area contributed by atoms with Gasteiger partial charge in [-0.25, -0.2) is 0 Å². The SMILES string of the molecule is CCCNCC(=O)N1CCN2CCCC2C1. The molecule has 1 unspecified atom stereocenters. The molecule has 1 atom stereocenters. The number of hydrogen-bond donors (Lipinski definition) is 1. The molecule has 2 fully saturated rings. The van der Waals surface area contributed by atoms with Crippen molar-refractivity contribution in [2.45, 2.75) is 32.2 Å². The molecule has 2 aliphatic rings. The topological polar surface area (TPSA) is 35.6 Å². The first-order valence-electron chi connectivity index (χ1n) is 6.54. The highest BCUT2D eigenvalue weighted by Crippen LogP contribution is 2.21. The number of fused-ring (bicyclic) bond motifs is 1. The molecule has 0 aromatic carbocycles. The summed E-state index contributed by atoms with van der Waals surface area (Å²) in [5.41, 5.74) is 0. The number of carbonyl (C=O) groups excluding carboxylic acids is 1. The van der Waals surface area contributed by atoms with Crippen LogP contribution in [-0.2, 0) is 4.79 Å². The summed E-state index contributed by atoms with van der Waals surface area (Å²) in [6, 6.07) is 0.642. The molecule has 92 valence electrons. The van der Waals surface area contributed by atoms with E-state index in [4.69, 9.17) is 0 Å². The van der Waals surface area contributed by atoms with Gasteiger partial charge in [-0.2, -0.15) is 0 Å². The van der Waals surface area contributed by atoms with E-state index in [1.54, 1.807) is 0 Å². The summed E-state index contributed by atoms with van der Waals surface area (Å²) in [5, 5.41) is 3.19. The Bertz CT molecular complexity index is 244. The molecule has 1 N–H and O–H groups in total. The Balaban J connectivity index is 1.75. The Morgan fingerprint density at radius 3 is 3.06 bits per heavy atom. The van der Waals surface area contributed by atoms with Crippen molar-refractivity contribution in [1.29, 1.82) is 0 Å². The normalized spacial score (nSPS) is 25.8. The third-order valence-electron chi connectivity index (χ3n) is 3.64. The zero-order valence-corrected chi connectivity index (χ0v) is 10.2. The van der Waals surface area contributed by atoms with Gasteiger partial charge >= 0.3 is 0 Å². The maximum absolute atomic E-state index is 11.9. The van der Waals surface area contributed by atoms with Crippen LogP contribution in [0.2, 0.25) is 0 Å². The summed E-state index contributed by atoms with van der Waals surface area (Å²) in [6.07, 6.45) is 3.66. The molecule has 4 heteroatoms. The predicted molar refractivity (Wildman–Crippen MR) is 64.3 cm³/mol. The summed E-state index contributed by atoms with van der Waals surface area (Å²) in [5.74, 6) is 0.278. The number of nitrogens with zero attached hydrogens (tertiary/aromatic N) is 2. The van der Waals surface area contributed by atoms with Gasteiger partial charge in [0.15, 0.2) is 0 Å². The van der Waals surface area contributed by atoms with E-state index < -0.39 is 0 Å². The van der Waals surface area contributed by atoms with Gasteiger partial charge in [0.25, 0.3) is 0 Å². The van der Waals surface area contributed by atoms with Crippen molar-refractivity contribution in [3.8, 4) is 0 Å². The molecule has 16 heavy (non-hydrogen) atoms. The number of hydrogen-bond acceptors (Lipinski definition) is 3. The molecule has 1 amide bonds. The van der Waals surface area contributed by atoms with E-state index in [0.29, 0.717) is 12.6 Å². The van der Waals surface area contributed by atoms with Crippen molar-refractivity contribution in [3.05, 3.63) is 0 Å². The van der Waals surface area contributed by atoms with E-state index >= 15 is 0 Å². The minimum atomic E-state index is 0.278. The lowest BCUT2D eigenvalue weighted by atomic mass is 10.1. The van der Waals surface area contributed by atoms with Crippen LogP contribution in [0.1, 0.15) is 26.2 Å². The van der Waals surface area contributed by atoms with Crippen molar-refractivity contribution in [2.75, 3.05) is 39.3 Å². The lowest BCUT2D eigenvalue weighted by molar-refractivity contribution is -0.132. The van der Waals surface area contributed by atoms with Crippen LogP contribution in [0.4, 0.5) is 0 Å². The standard InChI is InChI=1S/C12H23N3O/c1-2-5-13-9-12(16)15-8-7-14-6-3-4-11(14)10-15/h11,13H,2-10H2,1H3. The fourth-order valence-electron chi connectivity index (χ4n) is 2.70. The van der Waals surface area contributed by atoms with E-state index in [2.05, 4.69) is 17.1 Å². The van der Waals surface area contributed by atoms with E-state index in [0.717, 1.165) is 32.6 Å². The second-order valence-corrected chi connectivity index (χ2v) is 4.85. The molecule has 0 aliphatic carbocycles. The van der Waals surface area contributed by atoms with E-state index in [1.165, 1.54) is 19.4 Å². The van der Waals surface area contributed by atoms with Crippen LogP contribution in [0.15, 0.2) is 0 Å². The highest BCUT2D eigenvalue weighted by atomic mass is 16.2. The molecule has 0 aromatic rings. The molecule has 0 aromatic heterocycles. The molecule has 4 nitrogen and oxygen atoms in total. The van der Waals surface area contributed by atoms with E-state index in [-0.39, 0.29) is 5.91 Å². The summed E-state index contributed by atoms with van der Waals surface area (Å²) >= 11 is 0. The smallest absolute Gasteiger partial charge is 0.236 e. The Morgan fingerprint density at radius 1 is 1.38 bits per heavy atom. The average molecular weight is 225 g/mol. The monoisotopic (exact) mass is 225 g/mol. The minimum absolute atomic E-state index is 0.278. The van der Waals surface area contributed by atoms with Gasteiger partial charge in [-0.3, -0.25) is 9.69 Å². The van der Waals surface area contributed by atoms with Crippen LogP contribution < -0.4 is 5.32 Å². The van der Waals surface area contributed by atoms with Crippen molar-refractivity contribution in [2.24, 2.45) is 0 Å². The maximum Gasteiger partial charge on any atom is 0.236 e. The lowest BCUT2D eigenvalue weighted by Gasteiger charge is -2.37. The summed E-state index contributed by atoms with van der Waals surface area (Å²) in [4.78, 5) is 16.5. The number of nitrogens with one attached hydrogen (secondary N) is 1. The number of amides is 1. The lowest BCUT2D eigenvalue weighted by Crippen LogP contribution is -2.53. The fraction of sp³-hybridized carbons (Fsp3) is 0.917. The molecule has 0 radical (unpaired) electrons. The predicted octanol–water partition coefficient (Wildman–Crippen LogP) is 0.293. The highest BCUT2D eigenvalue weighted by Gasteiger charge is 2.31. The van der Waals surface area contributed by atoms with Gasteiger partial charge in [-0.15, -0.1) is 0 Å². The molecule has 2 heterocycles. The third-order valence-corrected chi connectivity index (χ3v) is 3.64. The highest BCUT2D eigenvalue weighted by molar-refractivity contribution is 5.78. The van der Waals surface area contributed by atoms with Crippen LogP contribution in [0.25, 0.3) is 0 Å². The zero-order chi connectivity index (χ0) is 11.4. The van der Waals surface area contributed by atoms with Crippen LogP contribution in [0.3, 0.4) is 0 Å². The van der Waals surface area contributed by atoms with Crippen molar-refractivity contribution in [1.82, 2.24) is 15.1 Å². The van der Waals surface area contributed by atoms with Gasteiger partial charge in [0.05, 0.1) is 6.54 Å². The first-order valence-corrected chi connectivity index (χ1v) is 6.54. The van der Waals surface area contributed by atoms with Crippen molar-refractivity contribution in [3.63, 3.8) is 0 Å². The van der Waals surface area contributed by atoms with E-state index in [9.17, 15) is 4.79 Å². The summed E-state index contributed by atoms with van der Waals surface area (Å²) < 4.78 is 0. The molecule has 2 rings (SSSR count). The van der Waals surface area contributed by atoms with Gasteiger partial charge in [-0.05, 0) is 32.4 Å².